The fourth-order valence-electron chi connectivity index (χ4n) is 1.78. The van der Waals surface area contributed by atoms with E-state index in [4.69, 9.17) is 5.73 Å². The second-order valence-electron chi connectivity index (χ2n) is 3.44. The van der Waals surface area contributed by atoms with E-state index in [1.807, 2.05) is 0 Å². The summed E-state index contributed by atoms with van der Waals surface area (Å²) in [5.41, 5.74) is 9.11. The van der Waals surface area contributed by atoms with Crippen LogP contribution in [0.2, 0.25) is 0 Å². The van der Waals surface area contributed by atoms with Crippen LogP contribution in [0.25, 0.3) is 0 Å². The average molecular weight is 162 g/mol. The largest absolute Gasteiger partial charge is 0.397 e. The minimum Gasteiger partial charge on any atom is -0.397 e. The lowest BCUT2D eigenvalue weighted by molar-refractivity contribution is 0.708. The zero-order valence-electron chi connectivity index (χ0n) is 7.21. The maximum atomic E-state index is 5.67. The molecule has 2 nitrogen and oxygen atoms in total. The van der Waals surface area contributed by atoms with E-state index in [-0.39, 0.29) is 0 Å². The highest BCUT2D eigenvalue weighted by molar-refractivity contribution is 5.40. The molecule has 0 atom stereocenters. The normalized spacial score (nSPS) is 16.7. The van der Waals surface area contributed by atoms with Gasteiger partial charge in [-0.15, -0.1) is 0 Å². The predicted octanol–water partition coefficient (Wildman–Crippen LogP) is 1.93. The summed E-state index contributed by atoms with van der Waals surface area (Å²) in [5, 5.41) is 0. The van der Waals surface area contributed by atoms with E-state index in [0.29, 0.717) is 0 Å². The molecule has 2 N–H and O–H groups in total. The Labute approximate surface area is 72.8 Å². The number of hydrogen-bond donors (Lipinski definition) is 1. The molecule has 0 aromatic carbocycles. The Hall–Kier alpha value is -1.05. The Morgan fingerprint density at radius 2 is 2.00 bits per heavy atom. The van der Waals surface area contributed by atoms with Crippen molar-refractivity contribution < 1.29 is 0 Å². The number of fused-ring (bicyclic) bond motifs is 1. The lowest BCUT2D eigenvalue weighted by atomic mass is 10.1. The first kappa shape index (κ1) is 7.59. The van der Waals surface area contributed by atoms with Gasteiger partial charge in [-0.1, -0.05) is 6.42 Å². The molecule has 1 aromatic heterocycles. The second-order valence-corrected chi connectivity index (χ2v) is 3.44. The Balaban J connectivity index is 2.36. The zero-order chi connectivity index (χ0) is 8.39. The minimum atomic E-state index is 0.802. The van der Waals surface area contributed by atoms with Crippen LogP contribution in [-0.2, 0) is 12.8 Å². The molecule has 0 aliphatic heterocycles. The molecule has 2 rings (SSSR count). The molecule has 0 amide bonds. The first-order chi connectivity index (χ1) is 5.86. The molecule has 12 heavy (non-hydrogen) atoms. The molecule has 2 heteroatoms. The number of rotatable bonds is 0. The SMILES string of the molecule is Nc1cnc2c(c1)CCCCC2. The highest BCUT2D eigenvalue weighted by atomic mass is 14.7. The third-order valence-corrected chi connectivity index (χ3v) is 2.44. The van der Waals surface area contributed by atoms with E-state index < -0.39 is 0 Å². The molecular formula is C10H14N2. The Morgan fingerprint density at radius 3 is 2.92 bits per heavy atom. The van der Waals surface area contributed by atoms with E-state index in [0.717, 1.165) is 18.5 Å². The molecule has 1 aliphatic rings. The third-order valence-electron chi connectivity index (χ3n) is 2.44. The molecule has 0 saturated heterocycles. The summed E-state index contributed by atoms with van der Waals surface area (Å²) in [5.74, 6) is 0. The van der Waals surface area contributed by atoms with Crippen molar-refractivity contribution in [3.05, 3.63) is 23.5 Å². The van der Waals surface area contributed by atoms with Crippen molar-refractivity contribution in [3.8, 4) is 0 Å². The Morgan fingerprint density at radius 1 is 1.17 bits per heavy atom. The fourth-order valence-corrected chi connectivity index (χ4v) is 1.78. The number of nitrogen functional groups attached to an aromatic ring is 1. The molecule has 1 aliphatic carbocycles. The molecule has 0 spiro atoms. The van der Waals surface area contributed by atoms with E-state index in [1.165, 1.54) is 30.5 Å². The van der Waals surface area contributed by atoms with Gasteiger partial charge in [0.2, 0.25) is 0 Å². The predicted molar refractivity (Wildman–Crippen MR) is 49.9 cm³/mol. The van der Waals surface area contributed by atoms with Gasteiger partial charge in [-0.3, -0.25) is 4.98 Å². The summed E-state index contributed by atoms with van der Waals surface area (Å²) in [6, 6.07) is 2.08. The van der Waals surface area contributed by atoms with Crippen molar-refractivity contribution in [2.75, 3.05) is 5.73 Å². The van der Waals surface area contributed by atoms with Gasteiger partial charge in [0.1, 0.15) is 0 Å². The fraction of sp³-hybridized carbons (Fsp3) is 0.500. The highest BCUT2D eigenvalue weighted by Crippen LogP contribution is 2.19. The Bertz CT molecular complexity index is 281. The Kier molecular flexibility index (Phi) is 1.98. The van der Waals surface area contributed by atoms with Gasteiger partial charge in [0.05, 0.1) is 11.9 Å². The van der Waals surface area contributed by atoms with Crippen LogP contribution in [0.3, 0.4) is 0 Å². The van der Waals surface area contributed by atoms with Gasteiger partial charge in [0, 0.05) is 5.69 Å². The molecule has 0 fully saturated rings. The second kappa shape index (κ2) is 3.13. The number of nitrogens with two attached hydrogens (primary N) is 1. The summed E-state index contributed by atoms with van der Waals surface area (Å²) in [7, 11) is 0. The summed E-state index contributed by atoms with van der Waals surface area (Å²) < 4.78 is 0. The summed E-state index contributed by atoms with van der Waals surface area (Å²) in [6.07, 6.45) is 7.96. The van der Waals surface area contributed by atoms with Gasteiger partial charge in [-0.2, -0.15) is 0 Å². The van der Waals surface area contributed by atoms with Crippen molar-refractivity contribution in [1.82, 2.24) is 4.98 Å². The zero-order valence-corrected chi connectivity index (χ0v) is 7.21. The van der Waals surface area contributed by atoms with Gasteiger partial charge in [-0.05, 0) is 37.3 Å². The molecule has 0 saturated carbocycles. The maximum Gasteiger partial charge on any atom is 0.0503 e. The van der Waals surface area contributed by atoms with E-state index in [2.05, 4.69) is 11.1 Å². The van der Waals surface area contributed by atoms with Crippen LogP contribution in [-0.4, -0.2) is 4.98 Å². The summed E-state index contributed by atoms with van der Waals surface area (Å²) >= 11 is 0. The molecule has 0 unspecified atom stereocenters. The number of pyridine rings is 1. The van der Waals surface area contributed by atoms with Crippen molar-refractivity contribution in [2.24, 2.45) is 0 Å². The number of aromatic nitrogens is 1. The third kappa shape index (κ3) is 1.42. The first-order valence-electron chi connectivity index (χ1n) is 4.59. The average Bonchev–Trinajstić information content (AvgIpc) is 2.28. The van der Waals surface area contributed by atoms with Crippen LogP contribution >= 0.6 is 0 Å². The van der Waals surface area contributed by atoms with Crippen molar-refractivity contribution >= 4 is 5.69 Å². The number of anilines is 1. The molecule has 64 valence electrons. The molecular weight excluding hydrogens is 148 g/mol. The van der Waals surface area contributed by atoms with Crippen LogP contribution in [0, 0.1) is 0 Å². The van der Waals surface area contributed by atoms with Crippen LogP contribution < -0.4 is 5.73 Å². The summed E-state index contributed by atoms with van der Waals surface area (Å²) in [6.45, 7) is 0. The van der Waals surface area contributed by atoms with Crippen LogP contribution in [0.1, 0.15) is 30.5 Å². The van der Waals surface area contributed by atoms with Crippen molar-refractivity contribution in [1.29, 1.82) is 0 Å². The standard InChI is InChI=1S/C10H14N2/c11-9-6-8-4-2-1-3-5-10(8)12-7-9/h6-7H,1-5,11H2. The van der Waals surface area contributed by atoms with Gasteiger partial charge < -0.3 is 5.73 Å². The lowest BCUT2D eigenvalue weighted by Crippen LogP contribution is -1.97. The maximum absolute atomic E-state index is 5.67. The summed E-state index contributed by atoms with van der Waals surface area (Å²) in [4.78, 5) is 4.35. The number of nitrogens with zero attached hydrogens (tertiary/aromatic N) is 1. The highest BCUT2D eigenvalue weighted by Gasteiger charge is 2.08. The monoisotopic (exact) mass is 162 g/mol. The van der Waals surface area contributed by atoms with Crippen LogP contribution in [0.4, 0.5) is 5.69 Å². The van der Waals surface area contributed by atoms with Gasteiger partial charge >= 0.3 is 0 Å². The van der Waals surface area contributed by atoms with E-state index >= 15 is 0 Å². The van der Waals surface area contributed by atoms with Gasteiger partial charge in [-0.25, -0.2) is 0 Å². The quantitative estimate of drug-likeness (QED) is 0.592. The lowest BCUT2D eigenvalue weighted by Gasteiger charge is -2.03. The minimum absolute atomic E-state index is 0.802. The van der Waals surface area contributed by atoms with Crippen molar-refractivity contribution in [2.45, 2.75) is 32.1 Å². The topological polar surface area (TPSA) is 38.9 Å². The smallest absolute Gasteiger partial charge is 0.0503 e. The molecule has 1 aromatic rings. The van der Waals surface area contributed by atoms with Gasteiger partial charge in [0.15, 0.2) is 0 Å². The van der Waals surface area contributed by atoms with Crippen LogP contribution in [0.15, 0.2) is 12.3 Å². The van der Waals surface area contributed by atoms with Crippen LogP contribution in [0.5, 0.6) is 0 Å². The molecule has 0 radical (unpaired) electrons. The number of hydrogen-bond acceptors (Lipinski definition) is 2. The van der Waals surface area contributed by atoms with Crippen molar-refractivity contribution in [3.63, 3.8) is 0 Å². The molecule has 1 heterocycles. The van der Waals surface area contributed by atoms with Gasteiger partial charge in [0.25, 0.3) is 0 Å². The first-order valence-corrected chi connectivity index (χ1v) is 4.59. The van der Waals surface area contributed by atoms with E-state index in [9.17, 15) is 0 Å². The molecule has 0 bridgehead atoms. The number of aryl methyl sites for hydroxylation is 2. The van der Waals surface area contributed by atoms with E-state index in [1.54, 1.807) is 6.20 Å².